The van der Waals surface area contributed by atoms with E-state index in [1.54, 1.807) is 0 Å². The van der Waals surface area contributed by atoms with E-state index in [2.05, 4.69) is 37.2 Å². The predicted octanol–water partition coefficient (Wildman–Crippen LogP) is 3.03. The SMILES string of the molecule is C=C[C@H](O)C#CC#C/C=C/C(=O)CCCCCCC. The molecule has 0 aliphatic rings. The molecule has 0 aromatic carbocycles. The van der Waals surface area contributed by atoms with E-state index in [9.17, 15) is 4.79 Å². The molecule has 1 atom stereocenters. The molecule has 2 heteroatoms. The van der Waals surface area contributed by atoms with E-state index < -0.39 is 6.10 Å². The molecule has 0 saturated carbocycles. The number of carbonyl (C=O) groups is 1. The van der Waals surface area contributed by atoms with Gasteiger partial charge in [0.15, 0.2) is 5.78 Å². The minimum Gasteiger partial charge on any atom is -0.377 e. The van der Waals surface area contributed by atoms with Gasteiger partial charge in [-0.15, -0.1) is 0 Å². The maximum Gasteiger partial charge on any atom is 0.156 e. The van der Waals surface area contributed by atoms with Gasteiger partial charge < -0.3 is 5.11 Å². The monoisotopic (exact) mass is 258 g/mol. The van der Waals surface area contributed by atoms with Crippen molar-refractivity contribution in [3.05, 3.63) is 24.8 Å². The zero-order valence-corrected chi connectivity index (χ0v) is 11.6. The second-order valence-corrected chi connectivity index (χ2v) is 4.18. The van der Waals surface area contributed by atoms with Crippen LogP contribution in [0.25, 0.3) is 0 Å². The lowest BCUT2D eigenvalue weighted by Crippen LogP contribution is -1.94. The van der Waals surface area contributed by atoms with Crippen molar-refractivity contribution in [2.75, 3.05) is 0 Å². The predicted molar refractivity (Wildman–Crippen MR) is 79.3 cm³/mol. The minimum atomic E-state index is -0.844. The lowest BCUT2D eigenvalue weighted by Gasteiger charge is -1.96. The molecule has 0 amide bonds. The van der Waals surface area contributed by atoms with Gasteiger partial charge in [-0.3, -0.25) is 4.79 Å². The van der Waals surface area contributed by atoms with Crippen LogP contribution in [0, 0.1) is 23.7 Å². The average molecular weight is 258 g/mol. The maximum atomic E-state index is 11.4. The third-order valence-corrected chi connectivity index (χ3v) is 2.46. The molecule has 19 heavy (non-hydrogen) atoms. The van der Waals surface area contributed by atoms with Gasteiger partial charge in [-0.05, 0) is 30.4 Å². The molecule has 0 aromatic rings. The lowest BCUT2D eigenvalue weighted by atomic mass is 10.1. The Balaban J connectivity index is 3.80. The highest BCUT2D eigenvalue weighted by Gasteiger charge is 1.95. The summed E-state index contributed by atoms with van der Waals surface area (Å²) in [5, 5.41) is 9.03. The molecule has 1 N–H and O–H groups in total. The number of unbranched alkanes of at least 4 members (excludes halogenated alkanes) is 4. The summed E-state index contributed by atoms with van der Waals surface area (Å²) in [5.41, 5.74) is 0. The first-order valence-electron chi connectivity index (χ1n) is 6.71. The van der Waals surface area contributed by atoms with Gasteiger partial charge >= 0.3 is 0 Å². The number of carbonyl (C=O) groups excluding carboxylic acids is 1. The smallest absolute Gasteiger partial charge is 0.156 e. The molecule has 102 valence electrons. The molecule has 0 aliphatic carbocycles. The van der Waals surface area contributed by atoms with E-state index in [0.717, 1.165) is 12.8 Å². The minimum absolute atomic E-state index is 0.102. The summed E-state index contributed by atoms with van der Waals surface area (Å²) in [6, 6.07) is 0. The fraction of sp³-hybridized carbons (Fsp3) is 0.471. The number of ketones is 1. The van der Waals surface area contributed by atoms with Gasteiger partial charge in [-0.2, -0.15) is 0 Å². The zero-order valence-electron chi connectivity index (χ0n) is 11.6. The molecule has 0 aliphatic heterocycles. The second kappa shape index (κ2) is 12.7. The largest absolute Gasteiger partial charge is 0.377 e. The number of rotatable bonds is 8. The summed E-state index contributed by atoms with van der Waals surface area (Å²) < 4.78 is 0. The van der Waals surface area contributed by atoms with Gasteiger partial charge in [0.1, 0.15) is 6.10 Å². The summed E-state index contributed by atoms with van der Waals surface area (Å²) in [4.78, 5) is 11.4. The molecule has 2 nitrogen and oxygen atoms in total. The first-order chi connectivity index (χ1) is 9.20. The summed E-state index contributed by atoms with van der Waals surface area (Å²) in [6.07, 6.45) is 9.77. The Kier molecular flexibility index (Phi) is 11.5. The fourth-order valence-corrected chi connectivity index (χ4v) is 1.37. The van der Waals surface area contributed by atoms with Crippen LogP contribution < -0.4 is 0 Å². The van der Waals surface area contributed by atoms with Crippen molar-refractivity contribution in [1.29, 1.82) is 0 Å². The van der Waals surface area contributed by atoms with Crippen molar-refractivity contribution in [1.82, 2.24) is 0 Å². The number of hydrogen-bond acceptors (Lipinski definition) is 2. The Hall–Kier alpha value is -1.77. The van der Waals surface area contributed by atoms with Crippen molar-refractivity contribution in [2.24, 2.45) is 0 Å². The van der Waals surface area contributed by atoms with Gasteiger partial charge in [0, 0.05) is 6.42 Å². The van der Waals surface area contributed by atoms with Crippen LogP contribution in [0.1, 0.15) is 45.4 Å². The molecular weight excluding hydrogens is 236 g/mol. The van der Waals surface area contributed by atoms with E-state index in [1.807, 2.05) is 0 Å². The number of hydrogen-bond donors (Lipinski definition) is 1. The highest BCUT2D eigenvalue weighted by Crippen LogP contribution is 2.05. The Morgan fingerprint density at radius 3 is 2.68 bits per heavy atom. The van der Waals surface area contributed by atoms with Crippen LogP contribution in [-0.2, 0) is 4.79 Å². The third kappa shape index (κ3) is 12.5. The van der Waals surface area contributed by atoms with E-state index >= 15 is 0 Å². The zero-order chi connectivity index (χ0) is 14.3. The Morgan fingerprint density at radius 2 is 2.00 bits per heavy atom. The highest BCUT2D eigenvalue weighted by atomic mass is 16.3. The molecular formula is C17H22O2. The Labute approximate surface area is 116 Å². The van der Waals surface area contributed by atoms with Crippen molar-refractivity contribution < 1.29 is 9.90 Å². The van der Waals surface area contributed by atoms with Crippen molar-refractivity contribution in [2.45, 2.75) is 51.6 Å². The van der Waals surface area contributed by atoms with Crippen molar-refractivity contribution >= 4 is 5.78 Å². The molecule has 0 saturated heterocycles. The number of aliphatic hydroxyl groups excluding tert-OH is 1. The van der Waals surface area contributed by atoms with E-state index in [4.69, 9.17) is 5.11 Å². The average Bonchev–Trinajstić information content (AvgIpc) is 2.42. The standard InChI is InChI=1S/C17H22O2/c1-3-5-6-7-11-14-17(19)15-12-9-8-10-13-16(18)4-2/h4,12,15-16,18H,2-3,5-7,11,14H2,1H3/b15-12+/t16-/m0/s1. The third-order valence-electron chi connectivity index (χ3n) is 2.46. The van der Waals surface area contributed by atoms with Gasteiger partial charge in [0.05, 0.1) is 0 Å². The van der Waals surface area contributed by atoms with Crippen LogP contribution >= 0.6 is 0 Å². The molecule has 0 bridgehead atoms. The molecule has 0 fully saturated rings. The summed E-state index contributed by atoms with van der Waals surface area (Å²) >= 11 is 0. The van der Waals surface area contributed by atoms with Crippen molar-refractivity contribution in [3.63, 3.8) is 0 Å². The lowest BCUT2D eigenvalue weighted by molar-refractivity contribution is -0.114. The fourth-order valence-electron chi connectivity index (χ4n) is 1.37. The second-order valence-electron chi connectivity index (χ2n) is 4.18. The molecule has 0 aromatic heterocycles. The van der Waals surface area contributed by atoms with E-state index in [0.29, 0.717) is 6.42 Å². The Bertz CT molecular complexity index is 410. The highest BCUT2D eigenvalue weighted by molar-refractivity contribution is 5.90. The first-order valence-corrected chi connectivity index (χ1v) is 6.71. The number of allylic oxidation sites excluding steroid dienone is 2. The van der Waals surface area contributed by atoms with Crippen LogP contribution in [0.5, 0.6) is 0 Å². The summed E-state index contributed by atoms with van der Waals surface area (Å²) in [7, 11) is 0. The molecule has 0 rings (SSSR count). The van der Waals surface area contributed by atoms with Gasteiger partial charge in [0.25, 0.3) is 0 Å². The van der Waals surface area contributed by atoms with Crippen LogP contribution in [0.15, 0.2) is 24.8 Å². The molecule has 0 spiro atoms. The van der Waals surface area contributed by atoms with Crippen LogP contribution in [0.4, 0.5) is 0 Å². The van der Waals surface area contributed by atoms with Crippen LogP contribution in [0.3, 0.4) is 0 Å². The summed E-state index contributed by atoms with van der Waals surface area (Å²) in [5.74, 6) is 10.2. The first kappa shape index (κ1) is 17.2. The van der Waals surface area contributed by atoms with Crippen LogP contribution in [-0.4, -0.2) is 17.0 Å². The van der Waals surface area contributed by atoms with Gasteiger partial charge in [0.2, 0.25) is 0 Å². The Morgan fingerprint density at radius 1 is 1.26 bits per heavy atom. The summed E-state index contributed by atoms with van der Waals surface area (Å²) in [6.45, 7) is 5.56. The molecule has 0 unspecified atom stereocenters. The van der Waals surface area contributed by atoms with Gasteiger partial charge in [-0.25, -0.2) is 0 Å². The number of aliphatic hydroxyl groups is 1. The van der Waals surface area contributed by atoms with Gasteiger partial charge in [-0.1, -0.05) is 57.1 Å². The quantitative estimate of drug-likeness (QED) is 0.314. The molecule has 0 heterocycles. The van der Waals surface area contributed by atoms with Crippen molar-refractivity contribution in [3.8, 4) is 23.7 Å². The van der Waals surface area contributed by atoms with E-state index in [-0.39, 0.29) is 5.78 Å². The topological polar surface area (TPSA) is 37.3 Å². The normalized spacial score (nSPS) is 11.1. The van der Waals surface area contributed by atoms with E-state index in [1.165, 1.54) is 37.5 Å². The maximum absolute atomic E-state index is 11.4. The molecule has 0 radical (unpaired) electrons. The van der Waals surface area contributed by atoms with Crippen LogP contribution in [0.2, 0.25) is 0 Å².